The van der Waals surface area contributed by atoms with Gasteiger partial charge in [0.05, 0.1) is 31.6 Å². The topological polar surface area (TPSA) is 80.8 Å². The van der Waals surface area contributed by atoms with Crippen molar-refractivity contribution in [2.45, 2.75) is 25.9 Å². The van der Waals surface area contributed by atoms with Gasteiger partial charge >= 0.3 is 0 Å². The lowest BCUT2D eigenvalue weighted by Gasteiger charge is -2.32. The van der Waals surface area contributed by atoms with Crippen molar-refractivity contribution in [2.75, 3.05) is 43.5 Å². The van der Waals surface area contributed by atoms with Crippen LogP contribution in [0.5, 0.6) is 5.88 Å². The molecule has 0 aromatic carbocycles. The Morgan fingerprint density at radius 2 is 2.15 bits per heavy atom. The minimum atomic E-state index is 0.0808. The molecule has 2 rings (SSSR count). The molecule has 0 unspecified atom stereocenters. The number of nitrogens with zero attached hydrogens (tertiary/aromatic N) is 2. The molecule has 1 aromatic heterocycles. The summed E-state index contributed by atoms with van der Waals surface area (Å²) in [5.41, 5.74) is 6.40. The number of pyridine rings is 1. The minimum absolute atomic E-state index is 0.0808. The number of aromatic nitrogens is 1. The second-order valence-corrected chi connectivity index (χ2v) is 4.78. The van der Waals surface area contributed by atoms with E-state index in [9.17, 15) is 0 Å². The molecule has 6 nitrogen and oxygen atoms in total. The number of hydrogen-bond acceptors (Lipinski definition) is 6. The van der Waals surface area contributed by atoms with Gasteiger partial charge in [0.25, 0.3) is 0 Å². The Labute approximate surface area is 119 Å². The maximum Gasteiger partial charge on any atom is 0.239 e. The molecule has 112 valence electrons. The van der Waals surface area contributed by atoms with Crippen LogP contribution in [-0.2, 0) is 4.74 Å². The predicted molar refractivity (Wildman–Crippen MR) is 78.1 cm³/mol. The zero-order valence-corrected chi connectivity index (χ0v) is 11.9. The largest absolute Gasteiger partial charge is 0.476 e. The van der Waals surface area contributed by atoms with E-state index in [4.69, 9.17) is 20.3 Å². The Bertz CT molecular complexity index is 420. The number of aliphatic hydroxyl groups is 1. The van der Waals surface area contributed by atoms with Crippen molar-refractivity contribution in [3.8, 4) is 5.88 Å². The Morgan fingerprint density at radius 3 is 2.80 bits per heavy atom. The third kappa shape index (κ3) is 3.74. The first kappa shape index (κ1) is 14.9. The lowest BCUT2D eigenvalue weighted by atomic mass is 10.1. The monoisotopic (exact) mass is 281 g/mol. The number of rotatable bonds is 6. The molecule has 0 bridgehead atoms. The number of ether oxygens (including phenoxy) is 2. The summed E-state index contributed by atoms with van der Waals surface area (Å²) in [7, 11) is 0. The molecule has 0 saturated carbocycles. The summed E-state index contributed by atoms with van der Waals surface area (Å²) in [5.74, 6) is 1.40. The molecule has 0 aliphatic carbocycles. The van der Waals surface area contributed by atoms with Gasteiger partial charge in [-0.1, -0.05) is 0 Å². The van der Waals surface area contributed by atoms with Crippen LogP contribution in [0.2, 0.25) is 0 Å². The van der Waals surface area contributed by atoms with E-state index in [1.54, 1.807) is 0 Å². The summed E-state index contributed by atoms with van der Waals surface area (Å²) in [6.07, 6.45) is 2.12. The van der Waals surface area contributed by atoms with Crippen molar-refractivity contribution in [3.63, 3.8) is 0 Å². The van der Waals surface area contributed by atoms with Gasteiger partial charge in [-0.15, -0.1) is 0 Å². The maximum absolute atomic E-state index is 8.76. The highest BCUT2D eigenvalue weighted by Crippen LogP contribution is 2.25. The number of hydrogen-bond donors (Lipinski definition) is 2. The highest BCUT2D eigenvalue weighted by molar-refractivity contribution is 5.54. The van der Waals surface area contributed by atoms with Crippen molar-refractivity contribution < 1.29 is 14.6 Å². The fourth-order valence-corrected chi connectivity index (χ4v) is 2.34. The number of anilines is 2. The van der Waals surface area contributed by atoms with Crippen LogP contribution in [0.4, 0.5) is 11.5 Å². The van der Waals surface area contributed by atoms with E-state index in [0.717, 1.165) is 31.7 Å². The molecule has 6 heteroatoms. The van der Waals surface area contributed by atoms with E-state index in [2.05, 4.69) is 9.88 Å². The highest BCUT2D eigenvalue weighted by atomic mass is 16.5. The molecule has 0 amide bonds. The average Bonchev–Trinajstić information content (AvgIpc) is 2.48. The summed E-state index contributed by atoms with van der Waals surface area (Å²) < 4.78 is 11.0. The van der Waals surface area contributed by atoms with Crippen molar-refractivity contribution in [1.82, 2.24) is 4.98 Å². The zero-order chi connectivity index (χ0) is 14.4. The number of piperidine rings is 1. The van der Waals surface area contributed by atoms with Crippen LogP contribution in [0.3, 0.4) is 0 Å². The van der Waals surface area contributed by atoms with Crippen molar-refractivity contribution >= 4 is 11.5 Å². The van der Waals surface area contributed by atoms with Gasteiger partial charge in [-0.3, -0.25) is 0 Å². The normalized spacial score (nSPS) is 16.4. The van der Waals surface area contributed by atoms with Crippen LogP contribution in [0.1, 0.15) is 19.8 Å². The Hall–Kier alpha value is -1.53. The lowest BCUT2D eigenvalue weighted by molar-refractivity contribution is 0.0158. The first-order valence-corrected chi connectivity index (χ1v) is 7.11. The van der Waals surface area contributed by atoms with E-state index in [-0.39, 0.29) is 12.7 Å². The molecule has 0 radical (unpaired) electrons. The van der Waals surface area contributed by atoms with Crippen molar-refractivity contribution in [1.29, 1.82) is 0 Å². The fraction of sp³-hybridized carbons (Fsp3) is 0.643. The lowest BCUT2D eigenvalue weighted by Crippen LogP contribution is -2.37. The van der Waals surface area contributed by atoms with Gasteiger partial charge in [-0.2, -0.15) is 4.98 Å². The summed E-state index contributed by atoms with van der Waals surface area (Å²) in [5, 5.41) is 8.76. The van der Waals surface area contributed by atoms with Crippen LogP contribution in [-0.4, -0.2) is 49.1 Å². The molecule has 1 aliphatic rings. The Balaban J connectivity index is 1.94. The van der Waals surface area contributed by atoms with Crippen LogP contribution in [0.15, 0.2) is 12.1 Å². The summed E-state index contributed by atoms with van der Waals surface area (Å²) in [6, 6.07) is 3.76. The first-order chi connectivity index (χ1) is 9.74. The average molecular weight is 281 g/mol. The number of nitrogen functional groups attached to an aromatic ring is 1. The van der Waals surface area contributed by atoms with Crippen LogP contribution >= 0.6 is 0 Å². The molecule has 2 heterocycles. The van der Waals surface area contributed by atoms with Crippen molar-refractivity contribution in [2.24, 2.45) is 0 Å². The predicted octanol–water partition coefficient (Wildman–Crippen LogP) is 1.04. The van der Waals surface area contributed by atoms with E-state index in [1.165, 1.54) is 0 Å². The van der Waals surface area contributed by atoms with Crippen molar-refractivity contribution in [3.05, 3.63) is 12.1 Å². The van der Waals surface area contributed by atoms with E-state index in [0.29, 0.717) is 24.8 Å². The molecule has 0 atom stereocenters. The second kappa shape index (κ2) is 7.31. The molecule has 3 N–H and O–H groups in total. The summed E-state index contributed by atoms with van der Waals surface area (Å²) in [6.45, 7) is 4.74. The van der Waals surface area contributed by atoms with E-state index < -0.39 is 0 Å². The Kier molecular flexibility index (Phi) is 5.43. The molecular weight excluding hydrogens is 258 g/mol. The number of nitrogens with two attached hydrogens (primary N) is 1. The van der Waals surface area contributed by atoms with Gasteiger partial charge in [0, 0.05) is 13.1 Å². The SMILES string of the molecule is CCOc1nc(N2CCC(OCCO)CC2)ccc1N. The molecule has 0 spiro atoms. The van der Waals surface area contributed by atoms with Gasteiger partial charge in [0.15, 0.2) is 0 Å². The maximum atomic E-state index is 8.76. The molecule has 1 saturated heterocycles. The zero-order valence-electron chi connectivity index (χ0n) is 11.9. The minimum Gasteiger partial charge on any atom is -0.476 e. The standard InChI is InChI=1S/C14H23N3O3/c1-2-19-14-12(15)3-4-13(16-14)17-7-5-11(6-8-17)20-10-9-18/h3-4,11,18H,2,5-10,15H2,1H3. The fourth-order valence-electron chi connectivity index (χ4n) is 2.34. The van der Waals surface area contributed by atoms with E-state index >= 15 is 0 Å². The Morgan fingerprint density at radius 1 is 1.40 bits per heavy atom. The quantitative estimate of drug-likeness (QED) is 0.811. The molecule has 1 aliphatic heterocycles. The third-order valence-electron chi connectivity index (χ3n) is 3.37. The molecule has 1 fully saturated rings. The molecule has 1 aromatic rings. The smallest absolute Gasteiger partial charge is 0.239 e. The number of aliphatic hydroxyl groups excluding tert-OH is 1. The van der Waals surface area contributed by atoms with Gasteiger partial charge in [-0.25, -0.2) is 0 Å². The molecule has 20 heavy (non-hydrogen) atoms. The van der Waals surface area contributed by atoms with Gasteiger partial charge in [0.1, 0.15) is 5.82 Å². The summed E-state index contributed by atoms with van der Waals surface area (Å²) >= 11 is 0. The van der Waals surface area contributed by atoms with E-state index in [1.807, 2.05) is 19.1 Å². The third-order valence-corrected chi connectivity index (χ3v) is 3.37. The van der Waals surface area contributed by atoms with Gasteiger partial charge in [-0.05, 0) is 31.9 Å². The molecular formula is C14H23N3O3. The van der Waals surface area contributed by atoms with Gasteiger partial charge in [0.2, 0.25) is 5.88 Å². The van der Waals surface area contributed by atoms with Gasteiger partial charge < -0.3 is 25.2 Å². The first-order valence-electron chi connectivity index (χ1n) is 7.11. The highest BCUT2D eigenvalue weighted by Gasteiger charge is 2.21. The van der Waals surface area contributed by atoms with Crippen LogP contribution < -0.4 is 15.4 Å². The van der Waals surface area contributed by atoms with Crippen LogP contribution in [0, 0.1) is 0 Å². The second-order valence-electron chi connectivity index (χ2n) is 4.78. The summed E-state index contributed by atoms with van der Waals surface area (Å²) in [4.78, 5) is 6.68. The van der Waals surface area contributed by atoms with Crippen LogP contribution in [0.25, 0.3) is 0 Å².